The number of ether oxygens (including phenoxy) is 1. The van der Waals surface area contributed by atoms with Crippen molar-refractivity contribution in [3.63, 3.8) is 0 Å². The van der Waals surface area contributed by atoms with Gasteiger partial charge in [-0.1, -0.05) is 19.3 Å². The van der Waals surface area contributed by atoms with Crippen LogP contribution in [-0.4, -0.2) is 35.2 Å². The highest BCUT2D eigenvalue weighted by molar-refractivity contribution is 8.18. The van der Waals surface area contributed by atoms with Gasteiger partial charge in [0.05, 0.1) is 12.0 Å². The van der Waals surface area contributed by atoms with Gasteiger partial charge in [-0.05, 0) is 24.6 Å². The zero-order chi connectivity index (χ0) is 13.1. The molecule has 1 saturated heterocycles. The van der Waals surface area contributed by atoms with Gasteiger partial charge in [-0.3, -0.25) is 14.5 Å². The number of esters is 1. The fourth-order valence-electron chi connectivity index (χ4n) is 2.30. The van der Waals surface area contributed by atoms with Crippen LogP contribution in [0.15, 0.2) is 11.0 Å². The summed E-state index contributed by atoms with van der Waals surface area (Å²) in [5.74, 6) is -0.966. The summed E-state index contributed by atoms with van der Waals surface area (Å²) < 4.78 is 4.47. The summed E-state index contributed by atoms with van der Waals surface area (Å²) in [4.78, 5) is 36.5. The second kappa shape index (κ2) is 5.56. The SMILES string of the molecule is COC(=O)C=C1SC(=O)N(C2CCCCC2)C1=O. The maximum absolute atomic E-state index is 12.1. The largest absolute Gasteiger partial charge is 0.466 e. The van der Waals surface area contributed by atoms with Gasteiger partial charge in [-0.25, -0.2) is 4.79 Å². The predicted octanol–water partition coefficient (Wildman–Crippen LogP) is 2.07. The minimum atomic E-state index is -0.607. The third kappa shape index (κ3) is 2.58. The van der Waals surface area contributed by atoms with E-state index in [1.54, 1.807) is 0 Å². The number of thioether (sulfide) groups is 1. The van der Waals surface area contributed by atoms with Crippen LogP contribution in [0.1, 0.15) is 32.1 Å². The third-order valence-electron chi connectivity index (χ3n) is 3.21. The second-order valence-corrected chi connectivity index (χ2v) is 5.36. The second-order valence-electron chi connectivity index (χ2n) is 4.37. The summed E-state index contributed by atoms with van der Waals surface area (Å²) >= 11 is 0.817. The molecule has 2 aliphatic rings. The lowest BCUT2D eigenvalue weighted by Gasteiger charge is -2.28. The van der Waals surface area contributed by atoms with Gasteiger partial charge in [0.2, 0.25) is 0 Å². The van der Waals surface area contributed by atoms with Crippen LogP contribution in [0, 0.1) is 0 Å². The fraction of sp³-hybridized carbons (Fsp3) is 0.583. The number of amides is 2. The van der Waals surface area contributed by atoms with Crippen LogP contribution in [0.5, 0.6) is 0 Å². The molecule has 0 atom stereocenters. The van der Waals surface area contributed by atoms with E-state index in [0.717, 1.165) is 49.9 Å². The van der Waals surface area contributed by atoms with E-state index in [9.17, 15) is 14.4 Å². The maximum atomic E-state index is 12.1. The Morgan fingerprint density at radius 2 is 2.00 bits per heavy atom. The van der Waals surface area contributed by atoms with Crippen LogP contribution in [0.25, 0.3) is 0 Å². The van der Waals surface area contributed by atoms with Crippen LogP contribution >= 0.6 is 11.8 Å². The lowest BCUT2D eigenvalue weighted by Crippen LogP contribution is -2.39. The van der Waals surface area contributed by atoms with Crippen molar-refractivity contribution in [1.29, 1.82) is 0 Å². The molecule has 0 aromatic heterocycles. The molecule has 0 aromatic carbocycles. The topological polar surface area (TPSA) is 63.7 Å². The van der Waals surface area contributed by atoms with Crippen molar-refractivity contribution in [3.05, 3.63) is 11.0 Å². The van der Waals surface area contributed by atoms with Crippen LogP contribution < -0.4 is 0 Å². The van der Waals surface area contributed by atoms with Crippen LogP contribution in [0.2, 0.25) is 0 Å². The highest BCUT2D eigenvalue weighted by Crippen LogP contribution is 2.35. The fourth-order valence-corrected chi connectivity index (χ4v) is 3.16. The third-order valence-corrected chi connectivity index (χ3v) is 4.10. The molecule has 1 aliphatic carbocycles. The molecule has 98 valence electrons. The molecule has 0 N–H and O–H groups in total. The molecule has 2 amide bonds. The van der Waals surface area contributed by atoms with E-state index in [2.05, 4.69) is 4.74 Å². The number of methoxy groups -OCH3 is 1. The molecule has 0 radical (unpaired) electrons. The number of imide groups is 1. The lowest BCUT2D eigenvalue weighted by molar-refractivity contribution is -0.135. The van der Waals surface area contributed by atoms with Gasteiger partial charge < -0.3 is 4.74 Å². The van der Waals surface area contributed by atoms with Crippen molar-refractivity contribution in [2.24, 2.45) is 0 Å². The van der Waals surface area contributed by atoms with Crippen molar-refractivity contribution in [1.82, 2.24) is 4.90 Å². The molecule has 0 bridgehead atoms. The molecule has 2 fully saturated rings. The molecule has 18 heavy (non-hydrogen) atoms. The Kier molecular flexibility index (Phi) is 4.06. The highest BCUT2D eigenvalue weighted by atomic mass is 32.2. The Bertz CT molecular complexity index is 412. The summed E-state index contributed by atoms with van der Waals surface area (Å²) in [5.41, 5.74) is 0. The monoisotopic (exact) mass is 269 g/mol. The Labute approximate surface area is 110 Å². The Morgan fingerprint density at radius 3 is 2.61 bits per heavy atom. The first-order valence-electron chi connectivity index (χ1n) is 5.98. The van der Waals surface area contributed by atoms with Crippen molar-refractivity contribution in [3.8, 4) is 0 Å². The number of hydrogen-bond donors (Lipinski definition) is 0. The zero-order valence-corrected chi connectivity index (χ0v) is 11.0. The lowest BCUT2D eigenvalue weighted by atomic mass is 9.94. The molecule has 6 heteroatoms. The van der Waals surface area contributed by atoms with Crippen molar-refractivity contribution in [2.75, 3.05) is 7.11 Å². The molecular weight excluding hydrogens is 254 g/mol. The molecule has 1 aliphatic heterocycles. The standard InChI is InChI=1S/C12H15NO4S/c1-17-10(14)7-9-11(15)13(12(16)18-9)8-5-3-2-4-6-8/h7-8H,2-6H2,1H3. The first-order valence-corrected chi connectivity index (χ1v) is 6.80. The van der Waals surface area contributed by atoms with Crippen LogP contribution in [-0.2, 0) is 14.3 Å². The van der Waals surface area contributed by atoms with Crippen molar-refractivity contribution in [2.45, 2.75) is 38.1 Å². The quantitative estimate of drug-likeness (QED) is 0.567. The molecule has 0 unspecified atom stereocenters. The first kappa shape index (κ1) is 13.1. The van der Waals surface area contributed by atoms with E-state index in [1.807, 2.05) is 0 Å². The van der Waals surface area contributed by atoms with E-state index < -0.39 is 5.97 Å². The maximum Gasteiger partial charge on any atom is 0.331 e. The van der Waals surface area contributed by atoms with E-state index in [1.165, 1.54) is 12.0 Å². The first-order chi connectivity index (χ1) is 8.63. The number of nitrogens with zero attached hydrogens (tertiary/aromatic N) is 1. The van der Waals surface area contributed by atoms with E-state index in [4.69, 9.17) is 0 Å². The molecule has 5 nitrogen and oxygen atoms in total. The van der Waals surface area contributed by atoms with Crippen LogP contribution in [0.4, 0.5) is 4.79 Å². The van der Waals surface area contributed by atoms with E-state index in [-0.39, 0.29) is 22.1 Å². The van der Waals surface area contributed by atoms with Gasteiger partial charge in [0.1, 0.15) is 0 Å². The number of carbonyl (C=O) groups excluding carboxylic acids is 3. The van der Waals surface area contributed by atoms with Gasteiger partial charge in [0, 0.05) is 12.1 Å². The van der Waals surface area contributed by atoms with Gasteiger partial charge in [-0.2, -0.15) is 0 Å². The van der Waals surface area contributed by atoms with E-state index in [0.29, 0.717) is 0 Å². The predicted molar refractivity (Wildman–Crippen MR) is 66.8 cm³/mol. The summed E-state index contributed by atoms with van der Waals surface area (Å²) in [5, 5.41) is -0.276. The summed E-state index contributed by atoms with van der Waals surface area (Å²) in [6.07, 6.45) is 6.07. The summed E-state index contributed by atoms with van der Waals surface area (Å²) in [7, 11) is 1.24. The smallest absolute Gasteiger partial charge is 0.331 e. The zero-order valence-electron chi connectivity index (χ0n) is 10.2. The summed E-state index contributed by atoms with van der Waals surface area (Å²) in [6, 6.07) is -0.00482. The normalized spacial score (nSPS) is 23.8. The average molecular weight is 269 g/mol. The van der Waals surface area contributed by atoms with Gasteiger partial charge >= 0.3 is 5.97 Å². The summed E-state index contributed by atoms with van der Waals surface area (Å²) in [6.45, 7) is 0. The minimum Gasteiger partial charge on any atom is -0.466 e. The van der Waals surface area contributed by atoms with E-state index >= 15 is 0 Å². The molecule has 1 heterocycles. The van der Waals surface area contributed by atoms with Crippen LogP contribution in [0.3, 0.4) is 0 Å². The van der Waals surface area contributed by atoms with Gasteiger partial charge in [-0.15, -0.1) is 0 Å². The molecule has 0 spiro atoms. The van der Waals surface area contributed by atoms with Gasteiger partial charge in [0.15, 0.2) is 0 Å². The Hall–Kier alpha value is -1.30. The molecular formula is C12H15NO4S. The number of rotatable bonds is 2. The number of carbonyl (C=O) groups is 3. The highest BCUT2D eigenvalue weighted by Gasteiger charge is 2.40. The minimum absolute atomic E-state index is 0.00482. The number of hydrogen-bond acceptors (Lipinski definition) is 5. The molecule has 0 aromatic rings. The molecule has 2 rings (SSSR count). The molecule has 1 saturated carbocycles. The van der Waals surface area contributed by atoms with Crippen molar-refractivity contribution < 1.29 is 19.1 Å². The average Bonchev–Trinajstić information content (AvgIpc) is 2.65. The van der Waals surface area contributed by atoms with Gasteiger partial charge in [0.25, 0.3) is 11.1 Å². The van der Waals surface area contributed by atoms with Crippen molar-refractivity contribution >= 4 is 28.9 Å². The Morgan fingerprint density at radius 1 is 1.33 bits per heavy atom. The Balaban J connectivity index is 2.13.